The van der Waals surface area contributed by atoms with E-state index in [0.29, 0.717) is 19.6 Å². The number of hydrogen-bond donors (Lipinski definition) is 1. The maximum absolute atomic E-state index is 11.3. The molecule has 1 heterocycles. The molecule has 2 N–H and O–H groups in total. The largest absolute Gasteiger partial charge is 0.468 e. The highest BCUT2D eigenvalue weighted by Gasteiger charge is 2.28. The van der Waals surface area contributed by atoms with Gasteiger partial charge in [-0.15, -0.1) is 0 Å². The number of carbonyl (C=O) groups excluding carboxylic acids is 1. The zero-order chi connectivity index (χ0) is 13.4. The first-order valence-electron chi connectivity index (χ1n) is 6.63. The molecule has 106 valence electrons. The molecule has 0 amide bonds. The van der Waals surface area contributed by atoms with Crippen molar-refractivity contribution in [3.8, 4) is 0 Å². The SMILES string of the molecule is COC(=O)C(C)(N)CCCOCC1CCCCO1. The Balaban J connectivity index is 2.05. The Bertz CT molecular complexity index is 249. The number of hydrogen-bond acceptors (Lipinski definition) is 5. The van der Waals surface area contributed by atoms with Gasteiger partial charge >= 0.3 is 5.97 Å². The second kappa shape index (κ2) is 7.71. The van der Waals surface area contributed by atoms with E-state index < -0.39 is 5.54 Å². The molecule has 1 saturated heterocycles. The number of esters is 1. The number of methoxy groups -OCH3 is 1. The van der Waals surface area contributed by atoms with Gasteiger partial charge in [-0.05, 0) is 39.0 Å². The van der Waals surface area contributed by atoms with Crippen LogP contribution in [0.1, 0.15) is 39.0 Å². The molecule has 2 unspecified atom stereocenters. The van der Waals surface area contributed by atoms with Gasteiger partial charge in [0.05, 0.1) is 19.8 Å². The number of rotatable bonds is 7. The summed E-state index contributed by atoms with van der Waals surface area (Å²) in [7, 11) is 1.35. The average molecular weight is 259 g/mol. The summed E-state index contributed by atoms with van der Waals surface area (Å²) in [4.78, 5) is 11.3. The van der Waals surface area contributed by atoms with Gasteiger partial charge in [-0.2, -0.15) is 0 Å². The second-order valence-corrected chi connectivity index (χ2v) is 5.08. The molecule has 0 aromatic carbocycles. The number of nitrogens with two attached hydrogens (primary N) is 1. The van der Waals surface area contributed by atoms with Crippen LogP contribution in [0.3, 0.4) is 0 Å². The van der Waals surface area contributed by atoms with Crippen LogP contribution in [0.4, 0.5) is 0 Å². The van der Waals surface area contributed by atoms with Crippen molar-refractivity contribution in [1.29, 1.82) is 0 Å². The molecule has 1 aliphatic rings. The molecule has 5 heteroatoms. The van der Waals surface area contributed by atoms with Gasteiger partial charge in [0.15, 0.2) is 0 Å². The number of carbonyl (C=O) groups is 1. The van der Waals surface area contributed by atoms with Gasteiger partial charge in [-0.1, -0.05) is 0 Å². The molecule has 0 radical (unpaired) electrons. The standard InChI is InChI=1S/C13H25NO4/c1-13(14,12(15)16-2)7-5-8-17-10-11-6-3-4-9-18-11/h11H,3-10,14H2,1-2H3. The predicted octanol–water partition coefficient (Wildman–Crippen LogP) is 1.24. The van der Waals surface area contributed by atoms with Crippen LogP contribution in [-0.2, 0) is 19.0 Å². The third-order valence-corrected chi connectivity index (χ3v) is 3.21. The van der Waals surface area contributed by atoms with Crippen LogP contribution in [-0.4, -0.2) is 44.5 Å². The summed E-state index contributed by atoms with van der Waals surface area (Å²) < 4.78 is 15.7. The number of ether oxygens (including phenoxy) is 3. The molecular formula is C13H25NO4. The summed E-state index contributed by atoms with van der Waals surface area (Å²) in [6, 6.07) is 0. The van der Waals surface area contributed by atoms with Crippen LogP contribution in [0.5, 0.6) is 0 Å². The summed E-state index contributed by atoms with van der Waals surface area (Å²) in [5, 5.41) is 0. The Hall–Kier alpha value is -0.650. The maximum atomic E-state index is 11.3. The molecule has 2 atom stereocenters. The van der Waals surface area contributed by atoms with E-state index in [1.165, 1.54) is 13.5 Å². The highest BCUT2D eigenvalue weighted by atomic mass is 16.5. The minimum absolute atomic E-state index is 0.239. The zero-order valence-corrected chi connectivity index (χ0v) is 11.4. The monoisotopic (exact) mass is 259 g/mol. The van der Waals surface area contributed by atoms with Crippen molar-refractivity contribution in [2.75, 3.05) is 26.9 Å². The quantitative estimate of drug-likeness (QED) is 0.550. The average Bonchev–Trinajstić information content (AvgIpc) is 2.38. The Labute approximate surface area is 109 Å². The van der Waals surface area contributed by atoms with Crippen molar-refractivity contribution in [2.24, 2.45) is 5.73 Å². The summed E-state index contributed by atoms with van der Waals surface area (Å²) in [5.74, 6) is -0.377. The molecule has 0 spiro atoms. The Morgan fingerprint density at radius 1 is 1.50 bits per heavy atom. The van der Waals surface area contributed by atoms with Gasteiger partial charge in [0.25, 0.3) is 0 Å². The minimum atomic E-state index is -0.917. The molecule has 5 nitrogen and oxygen atoms in total. The molecule has 0 aliphatic carbocycles. The van der Waals surface area contributed by atoms with Crippen molar-refractivity contribution >= 4 is 5.97 Å². The lowest BCUT2D eigenvalue weighted by Crippen LogP contribution is -2.45. The Morgan fingerprint density at radius 2 is 2.28 bits per heavy atom. The summed E-state index contributed by atoms with van der Waals surface area (Å²) >= 11 is 0. The summed E-state index contributed by atoms with van der Waals surface area (Å²) in [6.45, 7) is 3.77. The van der Waals surface area contributed by atoms with E-state index in [-0.39, 0.29) is 12.1 Å². The van der Waals surface area contributed by atoms with E-state index >= 15 is 0 Å². The van der Waals surface area contributed by atoms with Crippen molar-refractivity contribution in [1.82, 2.24) is 0 Å². The minimum Gasteiger partial charge on any atom is -0.468 e. The fourth-order valence-corrected chi connectivity index (χ4v) is 2.03. The van der Waals surface area contributed by atoms with E-state index in [1.54, 1.807) is 6.92 Å². The van der Waals surface area contributed by atoms with Crippen molar-refractivity contribution in [3.63, 3.8) is 0 Å². The van der Waals surface area contributed by atoms with Crippen LogP contribution in [0.25, 0.3) is 0 Å². The fourth-order valence-electron chi connectivity index (χ4n) is 2.03. The zero-order valence-electron chi connectivity index (χ0n) is 11.4. The third-order valence-electron chi connectivity index (χ3n) is 3.21. The highest BCUT2D eigenvalue weighted by molar-refractivity contribution is 5.79. The topological polar surface area (TPSA) is 70.8 Å². The van der Waals surface area contributed by atoms with Gasteiger partial charge in [-0.25, -0.2) is 0 Å². The van der Waals surface area contributed by atoms with E-state index in [0.717, 1.165) is 25.9 Å². The van der Waals surface area contributed by atoms with Crippen LogP contribution < -0.4 is 5.73 Å². The first kappa shape index (κ1) is 15.4. The van der Waals surface area contributed by atoms with E-state index in [9.17, 15) is 4.79 Å². The molecule has 1 aliphatic heterocycles. The summed E-state index contributed by atoms with van der Waals surface area (Å²) in [6.07, 6.45) is 5.00. The van der Waals surface area contributed by atoms with Crippen LogP contribution in [0.15, 0.2) is 0 Å². The van der Waals surface area contributed by atoms with Crippen LogP contribution >= 0.6 is 0 Å². The Kier molecular flexibility index (Phi) is 6.60. The normalized spacial score (nSPS) is 23.4. The predicted molar refractivity (Wildman–Crippen MR) is 68.3 cm³/mol. The van der Waals surface area contributed by atoms with Gasteiger partial charge < -0.3 is 19.9 Å². The Morgan fingerprint density at radius 3 is 2.89 bits per heavy atom. The highest BCUT2D eigenvalue weighted by Crippen LogP contribution is 2.14. The van der Waals surface area contributed by atoms with Crippen LogP contribution in [0.2, 0.25) is 0 Å². The van der Waals surface area contributed by atoms with E-state index in [2.05, 4.69) is 4.74 Å². The first-order chi connectivity index (χ1) is 8.56. The second-order valence-electron chi connectivity index (χ2n) is 5.08. The van der Waals surface area contributed by atoms with E-state index in [1.807, 2.05) is 0 Å². The lowest BCUT2D eigenvalue weighted by Gasteiger charge is -2.23. The lowest BCUT2D eigenvalue weighted by atomic mass is 9.98. The maximum Gasteiger partial charge on any atom is 0.325 e. The molecule has 18 heavy (non-hydrogen) atoms. The first-order valence-corrected chi connectivity index (χ1v) is 6.63. The van der Waals surface area contributed by atoms with Crippen LogP contribution in [0, 0.1) is 0 Å². The molecular weight excluding hydrogens is 234 g/mol. The molecule has 0 aromatic heterocycles. The van der Waals surface area contributed by atoms with Crippen molar-refractivity contribution in [3.05, 3.63) is 0 Å². The fraction of sp³-hybridized carbons (Fsp3) is 0.923. The molecule has 0 saturated carbocycles. The van der Waals surface area contributed by atoms with Gasteiger partial charge in [0, 0.05) is 13.2 Å². The molecule has 1 fully saturated rings. The molecule has 1 rings (SSSR count). The van der Waals surface area contributed by atoms with Gasteiger partial charge in [-0.3, -0.25) is 4.79 Å². The molecule has 0 aromatic rings. The van der Waals surface area contributed by atoms with Gasteiger partial charge in [0.2, 0.25) is 0 Å². The van der Waals surface area contributed by atoms with Crippen molar-refractivity contribution < 1.29 is 19.0 Å². The summed E-state index contributed by atoms with van der Waals surface area (Å²) in [5.41, 5.74) is 4.92. The lowest BCUT2D eigenvalue weighted by molar-refractivity contribution is -0.146. The third kappa shape index (κ3) is 5.33. The molecule has 0 bridgehead atoms. The van der Waals surface area contributed by atoms with E-state index in [4.69, 9.17) is 15.2 Å². The van der Waals surface area contributed by atoms with Crippen molar-refractivity contribution in [2.45, 2.75) is 50.7 Å². The smallest absolute Gasteiger partial charge is 0.325 e. The van der Waals surface area contributed by atoms with Gasteiger partial charge in [0.1, 0.15) is 5.54 Å².